The molecule has 1 aliphatic rings. The minimum absolute atomic E-state index is 0.103. The minimum Gasteiger partial charge on any atom is -0.444 e. The lowest BCUT2D eigenvalue weighted by Gasteiger charge is -2.36. The molecule has 1 aromatic carbocycles. The summed E-state index contributed by atoms with van der Waals surface area (Å²) in [5.74, 6) is -0.103. The number of hydrogen-bond acceptors (Lipinski definition) is 6. The van der Waals surface area contributed by atoms with Crippen LogP contribution in [-0.4, -0.2) is 81.1 Å². The number of hydrogen-bond donors (Lipinski definition) is 1. The molecular formula is C47H85N3O5. The second-order valence-electron chi connectivity index (χ2n) is 17.1. The molecule has 1 atom stereocenters. The van der Waals surface area contributed by atoms with Crippen molar-refractivity contribution in [3.05, 3.63) is 29.8 Å². The average molecular weight is 772 g/mol. The Morgan fingerprint density at radius 1 is 0.655 bits per heavy atom. The molecule has 55 heavy (non-hydrogen) atoms. The Kier molecular flexibility index (Phi) is 28.2. The first-order valence-electron chi connectivity index (χ1n) is 23.0. The van der Waals surface area contributed by atoms with E-state index >= 15 is 0 Å². The lowest BCUT2D eigenvalue weighted by molar-refractivity contribution is -0.0170. The van der Waals surface area contributed by atoms with Crippen molar-refractivity contribution < 1.29 is 23.8 Å². The molecule has 1 N–H and O–H groups in total. The van der Waals surface area contributed by atoms with Crippen molar-refractivity contribution in [1.29, 1.82) is 0 Å². The maximum absolute atomic E-state index is 13.4. The van der Waals surface area contributed by atoms with Gasteiger partial charge in [-0.25, -0.2) is 4.79 Å². The fourth-order valence-electron chi connectivity index (χ4n) is 7.25. The Morgan fingerprint density at radius 3 is 1.62 bits per heavy atom. The lowest BCUT2D eigenvalue weighted by Crippen LogP contribution is -2.50. The molecule has 1 aliphatic heterocycles. The number of nitrogens with zero attached hydrogens (tertiary/aromatic N) is 2. The third-order valence-corrected chi connectivity index (χ3v) is 10.7. The number of benzene rings is 1. The number of rotatable bonds is 33. The summed E-state index contributed by atoms with van der Waals surface area (Å²) in [6, 6.07) is 7.78. The van der Waals surface area contributed by atoms with Crippen molar-refractivity contribution in [2.75, 3.05) is 57.4 Å². The van der Waals surface area contributed by atoms with Crippen LogP contribution in [0.15, 0.2) is 24.3 Å². The zero-order valence-electron chi connectivity index (χ0n) is 36.4. The van der Waals surface area contributed by atoms with Crippen molar-refractivity contribution in [3.8, 4) is 0 Å². The maximum atomic E-state index is 13.4. The van der Waals surface area contributed by atoms with Gasteiger partial charge in [0.05, 0.1) is 12.7 Å². The fraction of sp³-hybridized carbons (Fsp3) is 0.830. The molecule has 2 rings (SSSR count). The van der Waals surface area contributed by atoms with Gasteiger partial charge in [0, 0.05) is 57.2 Å². The highest BCUT2D eigenvalue weighted by molar-refractivity contribution is 5.95. The SMILES string of the molecule is CCCCCCCCCCCCCCOC[C@H](CNC(=O)c1cccc(N2CCN(C(=O)OC(C)(C)C)CC2)c1)OCCCCCCCCCCCCCC. The highest BCUT2D eigenvalue weighted by atomic mass is 16.6. The van der Waals surface area contributed by atoms with E-state index in [1.165, 1.54) is 141 Å². The lowest BCUT2D eigenvalue weighted by atomic mass is 10.1. The van der Waals surface area contributed by atoms with E-state index in [9.17, 15) is 9.59 Å². The van der Waals surface area contributed by atoms with Gasteiger partial charge < -0.3 is 29.3 Å². The molecule has 0 bridgehead atoms. The van der Waals surface area contributed by atoms with Gasteiger partial charge in [-0.3, -0.25) is 4.79 Å². The topological polar surface area (TPSA) is 80.3 Å². The van der Waals surface area contributed by atoms with Crippen LogP contribution >= 0.6 is 0 Å². The molecule has 1 heterocycles. The first kappa shape index (κ1) is 48.8. The van der Waals surface area contributed by atoms with E-state index in [-0.39, 0.29) is 18.1 Å². The van der Waals surface area contributed by atoms with Gasteiger partial charge in [0.15, 0.2) is 0 Å². The molecule has 0 aromatic heterocycles. The van der Waals surface area contributed by atoms with Crippen molar-refractivity contribution in [2.24, 2.45) is 0 Å². The van der Waals surface area contributed by atoms with E-state index in [4.69, 9.17) is 14.2 Å². The van der Waals surface area contributed by atoms with Gasteiger partial charge in [-0.05, 0) is 51.8 Å². The number of nitrogens with one attached hydrogen (secondary N) is 1. The van der Waals surface area contributed by atoms with E-state index < -0.39 is 5.60 Å². The molecule has 8 nitrogen and oxygen atoms in total. The van der Waals surface area contributed by atoms with Crippen molar-refractivity contribution >= 4 is 17.7 Å². The molecule has 0 unspecified atom stereocenters. The normalized spacial score (nSPS) is 14.0. The second kappa shape index (κ2) is 31.7. The highest BCUT2D eigenvalue weighted by Crippen LogP contribution is 2.20. The summed E-state index contributed by atoms with van der Waals surface area (Å²) in [4.78, 5) is 29.9. The summed E-state index contributed by atoms with van der Waals surface area (Å²) < 4.78 is 18.0. The summed E-state index contributed by atoms with van der Waals surface area (Å²) in [5.41, 5.74) is 1.11. The van der Waals surface area contributed by atoms with Crippen molar-refractivity contribution in [1.82, 2.24) is 10.2 Å². The van der Waals surface area contributed by atoms with Crippen molar-refractivity contribution in [2.45, 2.75) is 200 Å². The Hall–Kier alpha value is -2.32. The van der Waals surface area contributed by atoms with Crippen LogP contribution in [0.4, 0.5) is 10.5 Å². The first-order valence-corrected chi connectivity index (χ1v) is 23.0. The summed E-state index contributed by atoms with van der Waals surface area (Å²) in [5, 5.41) is 3.14. The number of amides is 2. The largest absolute Gasteiger partial charge is 0.444 e. The molecule has 0 radical (unpaired) electrons. The molecule has 2 amide bonds. The van der Waals surface area contributed by atoms with E-state index in [1.54, 1.807) is 4.90 Å². The van der Waals surface area contributed by atoms with E-state index in [0.29, 0.717) is 51.5 Å². The summed E-state index contributed by atoms with van der Waals surface area (Å²) in [7, 11) is 0. The van der Waals surface area contributed by atoms with Gasteiger partial charge in [0.25, 0.3) is 5.91 Å². The van der Waals surface area contributed by atoms with Gasteiger partial charge in [0.1, 0.15) is 5.60 Å². The Morgan fingerprint density at radius 2 is 1.13 bits per heavy atom. The predicted molar refractivity (Wildman–Crippen MR) is 232 cm³/mol. The van der Waals surface area contributed by atoms with Crippen LogP contribution in [0.1, 0.15) is 199 Å². The molecule has 1 saturated heterocycles. The predicted octanol–water partition coefficient (Wildman–Crippen LogP) is 12.3. The quantitative estimate of drug-likeness (QED) is 0.0717. The van der Waals surface area contributed by atoms with E-state index in [0.717, 1.165) is 25.1 Å². The number of piperazine rings is 1. The third-order valence-electron chi connectivity index (χ3n) is 10.7. The summed E-state index contributed by atoms with van der Waals surface area (Å²) in [6.45, 7) is 15.1. The van der Waals surface area contributed by atoms with Crippen LogP contribution in [0.5, 0.6) is 0 Å². The number of carbonyl (C=O) groups is 2. The van der Waals surface area contributed by atoms with Crippen LogP contribution in [-0.2, 0) is 14.2 Å². The highest BCUT2D eigenvalue weighted by Gasteiger charge is 2.26. The van der Waals surface area contributed by atoms with E-state index in [1.807, 2.05) is 45.0 Å². The van der Waals surface area contributed by atoms with Crippen molar-refractivity contribution in [3.63, 3.8) is 0 Å². The zero-order chi connectivity index (χ0) is 39.8. The van der Waals surface area contributed by atoms with E-state index in [2.05, 4.69) is 24.1 Å². The standard InChI is InChI=1S/C47H85N3O5/c1-6-8-10-12-14-16-18-20-22-24-26-28-37-53-41-44(54-38-29-27-25-23-21-19-17-15-13-11-9-7-2)40-48-45(51)42-31-30-32-43(39-42)49-33-35-50(36-34-49)46(52)55-47(3,4)5/h30-32,39,44H,6-29,33-38,40-41H2,1-5H3,(H,48,51)/t44-/m0/s1. The molecule has 1 fully saturated rings. The average Bonchev–Trinajstić information content (AvgIpc) is 3.17. The van der Waals surface area contributed by atoms with Crippen LogP contribution in [0, 0.1) is 0 Å². The molecular weight excluding hydrogens is 687 g/mol. The van der Waals surface area contributed by atoms with Gasteiger partial charge in [-0.1, -0.05) is 161 Å². The molecule has 318 valence electrons. The summed E-state index contributed by atoms with van der Waals surface area (Å²) in [6.07, 6.45) is 31.3. The monoisotopic (exact) mass is 772 g/mol. The smallest absolute Gasteiger partial charge is 0.410 e. The maximum Gasteiger partial charge on any atom is 0.410 e. The van der Waals surface area contributed by atoms with Gasteiger partial charge in [-0.2, -0.15) is 0 Å². The first-order chi connectivity index (χ1) is 26.7. The zero-order valence-corrected chi connectivity index (χ0v) is 36.4. The second-order valence-corrected chi connectivity index (χ2v) is 17.1. The van der Waals surface area contributed by atoms with Crippen LogP contribution < -0.4 is 10.2 Å². The molecule has 0 saturated carbocycles. The van der Waals surface area contributed by atoms with Gasteiger partial charge in [0.2, 0.25) is 0 Å². The molecule has 0 aliphatic carbocycles. The number of unbranched alkanes of at least 4 members (excludes halogenated alkanes) is 22. The Balaban J connectivity index is 1.73. The van der Waals surface area contributed by atoms with Gasteiger partial charge >= 0.3 is 6.09 Å². The molecule has 1 aromatic rings. The van der Waals surface area contributed by atoms with Gasteiger partial charge in [-0.15, -0.1) is 0 Å². The van der Waals surface area contributed by atoms with Crippen LogP contribution in [0.25, 0.3) is 0 Å². The number of anilines is 1. The summed E-state index contributed by atoms with van der Waals surface area (Å²) >= 11 is 0. The number of carbonyl (C=O) groups excluding carboxylic acids is 2. The third kappa shape index (κ3) is 25.5. The number of ether oxygens (including phenoxy) is 3. The van der Waals surface area contributed by atoms with Crippen LogP contribution in [0.2, 0.25) is 0 Å². The minimum atomic E-state index is -0.509. The Labute approximate surface area is 338 Å². The molecule has 8 heteroatoms. The fourth-order valence-corrected chi connectivity index (χ4v) is 7.25. The Bertz CT molecular complexity index is 1080. The van der Waals surface area contributed by atoms with Crippen LogP contribution in [0.3, 0.4) is 0 Å². The molecule has 0 spiro atoms.